The average molecular weight is 395 g/mol. The molecule has 1 amide bonds. The van der Waals surface area contributed by atoms with Crippen LogP contribution in [-0.2, 0) is 14.8 Å². The van der Waals surface area contributed by atoms with Gasteiger partial charge >= 0.3 is 0 Å². The van der Waals surface area contributed by atoms with Gasteiger partial charge in [0.15, 0.2) is 0 Å². The first-order valence-corrected chi connectivity index (χ1v) is 9.70. The molecular formula is C18H16ClFN2O3S. The highest BCUT2D eigenvalue weighted by atomic mass is 35.5. The van der Waals surface area contributed by atoms with Crippen LogP contribution in [0.25, 0.3) is 0 Å². The van der Waals surface area contributed by atoms with Crippen molar-refractivity contribution in [3.8, 4) is 0 Å². The predicted molar refractivity (Wildman–Crippen MR) is 97.9 cm³/mol. The number of nitrogens with one attached hydrogen (secondary N) is 1. The maximum atomic E-state index is 13.0. The molecule has 136 valence electrons. The Morgan fingerprint density at radius 3 is 2.42 bits per heavy atom. The summed E-state index contributed by atoms with van der Waals surface area (Å²) in [5, 5.41) is 3.15. The topological polar surface area (TPSA) is 66.5 Å². The van der Waals surface area contributed by atoms with E-state index in [1.807, 2.05) is 0 Å². The van der Waals surface area contributed by atoms with Crippen LogP contribution in [0.2, 0.25) is 5.02 Å². The SMILES string of the molecule is O=C(Nc1ccccc1Cl)C1=CCN(S(=O)(=O)c2ccc(F)cc2)CC1. The Labute approximate surface area is 156 Å². The van der Waals surface area contributed by atoms with E-state index in [2.05, 4.69) is 5.32 Å². The van der Waals surface area contributed by atoms with Crippen molar-refractivity contribution in [2.45, 2.75) is 11.3 Å². The second kappa shape index (κ2) is 7.57. The standard InChI is InChI=1S/C18H16ClFN2O3S/c19-16-3-1-2-4-17(16)21-18(23)13-9-11-22(12-10-13)26(24,25)15-7-5-14(20)6-8-15/h1-9H,10-12H2,(H,21,23). The van der Waals surface area contributed by atoms with Crippen molar-refractivity contribution in [1.29, 1.82) is 0 Å². The molecule has 0 saturated heterocycles. The third kappa shape index (κ3) is 3.95. The fourth-order valence-electron chi connectivity index (χ4n) is 2.60. The van der Waals surface area contributed by atoms with Crippen molar-refractivity contribution in [2.75, 3.05) is 18.4 Å². The maximum absolute atomic E-state index is 13.0. The predicted octanol–water partition coefficient (Wildman–Crippen LogP) is 3.44. The van der Waals surface area contributed by atoms with Crippen LogP contribution < -0.4 is 5.32 Å². The van der Waals surface area contributed by atoms with Crippen molar-refractivity contribution in [1.82, 2.24) is 4.31 Å². The largest absolute Gasteiger partial charge is 0.321 e. The first-order chi connectivity index (χ1) is 12.4. The van der Waals surface area contributed by atoms with E-state index in [1.165, 1.54) is 16.4 Å². The molecule has 1 heterocycles. The Morgan fingerprint density at radius 2 is 1.81 bits per heavy atom. The Hall–Kier alpha value is -2.22. The molecule has 0 radical (unpaired) electrons. The molecular weight excluding hydrogens is 379 g/mol. The van der Waals surface area contributed by atoms with Crippen LogP contribution in [-0.4, -0.2) is 31.7 Å². The first-order valence-electron chi connectivity index (χ1n) is 7.88. The van der Waals surface area contributed by atoms with Gasteiger partial charge in [0.2, 0.25) is 10.0 Å². The van der Waals surface area contributed by atoms with E-state index in [0.29, 0.717) is 16.3 Å². The first kappa shape index (κ1) is 18.6. The summed E-state index contributed by atoms with van der Waals surface area (Å²) in [6.07, 6.45) is 1.85. The van der Waals surface area contributed by atoms with Crippen LogP contribution in [0, 0.1) is 5.82 Å². The van der Waals surface area contributed by atoms with Crippen molar-refractivity contribution >= 4 is 33.2 Å². The lowest BCUT2D eigenvalue weighted by Gasteiger charge is -2.25. The van der Waals surface area contributed by atoms with E-state index in [4.69, 9.17) is 11.6 Å². The maximum Gasteiger partial charge on any atom is 0.251 e. The van der Waals surface area contributed by atoms with E-state index in [9.17, 15) is 17.6 Å². The van der Waals surface area contributed by atoms with Crippen molar-refractivity contribution in [2.24, 2.45) is 0 Å². The summed E-state index contributed by atoms with van der Waals surface area (Å²) in [6, 6.07) is 11.6. The average Bonchev–Trinajstić information content (AvgIpc) is 2.64. The zero-order valence-electron chi connectivity index (χ0n) is 13.7. The van der Waals surface area contributed by atoms with Crippen LogP contribution in [0.1, 0.15) is 6.42 Å². The molecule has 0 aliphatic carbocycles. The zero-order chi connectivity index (χ0) is 18.7. The van der Waals surface area contributed by atoms with Gasteiger partial charge in [-0.25, -0.2) is 12.8 Å². The van der Waals surface area contributed by atoms with Gasteiger partial charge in [-0.1, -0.05) is 29.8 Å². The minimum atomic E-state index is -3.72. The summed E-state index contributed by atoms with van der Waals surface area (Å²) in [7, 11) is -3.72. The van der Waals surface area contributed by atoms with Crippen molar-refractivity contribution in [3.05, 3.63) is 71.0 Å². The number of anilines is 1. The molecule has 26 heavy (non-hydrogen) atoms. The summed E-state index contributed by atoms with van der Waals surface area (Å²) in [6.45, 7) is 0.243. The van der Waals surface area contributed by atoms with Crippen LogP contribution in [0.15, 0.2) is 65.1 Å². The monoisotopic (exact) mass is 394 g/mol. The molecule has 3 rings (SSSR count). The van der Waals surface area contributed by atoms with Gasteiger partial charge < -0.3 is 5.32 Å². The number of benzene rings is 2. The highest BCUT2D eigenvalue weighted by Gasteiger charge is 2.27. The molecule has 0 unspecified atom stereocenters. The van der Waals surface area contributed by atoms with Gasteiger partial charge in [0.1, 0.15) is 5.82 Å². The minimum absolute atomic E-state index is 0.0243. The van der Waals surface area contributed by atoms with Gasteiger partial charge in [-0.15, -0.1) is 0 Å². The van der Waals surface area contributed by atoms with Crippen molar-refractivity contribution < 1.29 is 17.6 Å². The fourth-order valence-corrected chi connectivity index (χ4v) is 4.16. The highest BCUT2D eigenvalue weighted by Crippen LogP contribution is 2.24. The van der Waals surface area contributed by atoms with Crippen LogP contribution >= 0.6 is 11.6 Å². The summed E-state index contributed by atoms with van der Waals surface area (Å²) in [5.74, 6) is -0.807. The summed E-state index contributed by atoms with van der Waals surface area (Å²) in [4.78, 5) is 12.4. The fraction of sp³-hybridized carbons (Fsp3) is 0.167. The number of hydrogen-bond acceptors (Lipinski definition) is 3. The molecule has 0 bridgehead atoms. The van der Waals surface area contributed by atoms with E-state index < -0.39 is 15.8 Å². The lowest BCUT2D eigenvalue weighted by Crippen LogP contribution is -2.36. The molecule has 0 spiro atoms. The molecule has 0 fully saturated rings. The number of hydrogen-bond donors (Lipinski definition) is 1. The van der Waals surface area contributed by atoms with Gasteiger partial charge in [-0.05, 0) is 42.8 Å². The van der Waals surface area contributed by atoms with Gasteiger partial charge in [0, 0.05) is 18.7 Å². The summed E-state index contributed by atoms with van der Waals surface area (Å²) in [5.41, 5.74) is 0.997. The molecule has 2 aromatic carbocycles. The number of carbonyl (C=O) groups is 1. The van der Waals surface area contributed by atoms with E-state index in [1.54, 1.807) is 30.3 Å². The summed E-state index contributed by atoms with van der Waals surface area (Å²) >= 11 is 6.02. The molecule has 0 aromatic heterocycles. The number of halogens is 2. The Kier molecular flexibility index (Phi) is 5.41. The molecule has 1 aliphatic rings. The number of nitrogens with zero attached hydrogens (tertiary/aromatic N) is 1. The number of para-hydroxylation sites is 1. The smallest absolute Gasteiger partial charge is 0.251 e. The van der Waals surface area contributed by atoms with Crippen LogP contribution in [0.4, 0.5) is 10.1 Å². The van der Waals surface area contributed by atoms with E-state index >= 15 is 0 Å². The molecule has 1 aliphatic heterocycles. The number of carbonyl (C=O) groups excluding carboxylic acids is 1. The zero-order valence-corrected chi connectivity index (χ0v) is 15.2. The van der Waals surface area contributed by atoms with Gasteiger partial charge in [0.05, 0.1) is 15.6 Å². The quantitative estimate of drug-likeness (QED) is 0.863. The number of rotatable bonds is 4. The Balaban J connectivity index is 1.70. The molecule has 8 heteroatoms. The lowest BCUT2D eigenvalue weighted by molar-refractivity contribution is -0.113. The lowest BCUT2D eigenvalue weighted by atomic mass is 10.1. The third-order valence-electron chi connectivity index (χ3n) is 4.04. The van der Waals surface area contributed by atoms with Gasteiger partial charge in [0.25, 0.3) is 5.91 Å². The van der Waals surface area contributed by atoms with E-state index in [0.717, 1.165) is 12.1 Å². The highest BCUT2D eigenvalue weighted by molar-refractivity contribution is 7.89. The molecule has 1 N–H and O–H groups in total. The second-order valence-electron chi connectivity index (χ2n) is 5.73. The molecule has 0 atom stereocenters. The normalized spacial score (nSPS) is 15.4. The number of amides is 1. The third-order valence-corrected chi connectivity index (χ3v) is 6.25. The molecule has 5 nitrogen and oxygen atoms in total. The van der Waals surface area contributed by atoms with Gasteiger partial charge in [-0.3, -0.25) is 4.79 Å². The Bertz CT molecular complexity index is 959. The minimum Gasteiger partial charge on any atom is -0.321 e. The second-order valence-corrected chi connectivity index (χ2v) is 8.08. The van der Waals surface area contributed by atoms with Crippen LogP contribution in [0.3, 0.4) is 0 Å². The molecule has 2 aromatic rings. The van der Waals surface area contributed by atoms with Crippen molar-refractivity contribution in [3.63, 3.8) is 0 Å². The number of sulfonamides is 1. The van der Waals surface area contributed by atoms with Crippen LogP contribution in [0.5, 0.6) is 0 Å². The summed E-state index contributed by atoms with van der Waals surface area (Å²) < 4.78 is 39.4. The van der Waals surface area contributed by atoms with E-state index in [-0.39, 0.29) is 30.3 Å². The Morgan fingerprint density at radius 1 is 1.12 bits per heavy atom. The molecule has 0 saturated carbocycles. The van der Waals surface area contributed by atoms with Gasteiger partial charge in [-0.2, -0.15) is 4.31 Å².